The van der Waals surface area contributed by atoms with Gasteiger partial charge in [-0.25, -0.2) is 24.9 Å². The zero-order chi connectivity index (χ0) is 35.3. The third kappa shape index (κ3) is 12.7. The highest BCUT2D eigenvalue weighted by Gasteiger charge is 2.13. The Labute approximate surface area is 334 Å². The summed E-state index contributed by atoms with van der Waals surface area (Å²) in [4.78, 5) is 25.5. The maximum absolute atomic E-state index is 4.90. The molecule has 0 spiro atoms. The minimum absolute atomic E-state index is 0. The van der Waals surface area contributed by atoms with Gasteiger partial charge in [0.05, 0.1) is 22.8 Å². The molecule has 0 atom stereocenters. The Balaban J connectivity index is 0.000000267. The number of hydrogen-bond donors (Lipinski definition) is 2. The van der Waals surface area contributed by atoms with Crippen LogP contribution in [0.15, 0.2) is 146 Å². The van der Waals surface area contributed by atoms with Crippen LogP contribution in [0.4, 0.5) is 0 Å². The second-order valence-electron chi connectivity index (χ2n) is 12.2. The molecule has 1 aromatic carbocycles. The molecule has 0 radical (unpaired) electrons. The minimum Gasteiger partial charge on any atom is -1.00 e. The maximum Gasteiger partial charge on any atom is 0.167 e. The van der Waals surface area contributed by atoms with Gasteiger partial charge in [-0.1, -0.05) is 30.3 Å². The van der Waals surface area contributed by atoms with Crippen molar-refractivity contribution in [3.63, 3.8) is 0 Å². The molecule has 0 saturated heterocycles. The first kappa shape index (κ1) is 42.6. The van der Waals surface area contributed by atoms with E-state index < -0.39 is 0 Å². The molecule has 2 aliphatic rings. The van der Waals surface area contributed by atoms with Gasteiger partial charge in [0.2, 0.25) is 0 Å². The van der Waals surface area contributed by atoms with E-state index in [0.29, 0.717) is 0 Å². The average molecular weight is 775 g/mol. The van der Waals surface area contributed by atoms with Gasteiger partial charge in [-0.05, 0) is 110 Å². The third-order valence-electron chi connectivity index (χ3n) is 7.93. The van der Waals surface area contributed by atoms with Crippen LogP contribution in [-0.2, 0) is 0 Å². The molecule has 0 fully saturated rings. The van der Waals surface area contributed by atoms with Crippen molar-refractivity contribution < 1.29 is 52.2 Å². The Morgan fingerprint density at radius 1 is 0.407 bits per heavy atom. The van der Waals surface area contributed by atoms with Crippen LogP contribution in [0.1, 0.15) is 39.5 Å². The lowest BCUT2D eigenvalue weighted by atomic mass is 10.0. The van der Waals surface area contributed by atoms with Gasteiger partial charge in [-0.2, -0.15) is 0 Å². The van der Waals surface area contributed by atoms with Crippen LogP contribution in [0.2, 0.25) is 0 Å². The van der Waals surface area contributed by atoms with E-state index >= 15 is 0 Å². The number of halogens is 3. The Morgan fingerprint density at radius 3 is 1.09 bits per heavy atom. The predicted molar refractivity (Wildman–Crippen MR) is 207 cm³/mol. The van der Waals surface area contributed by atoms with Gasteiger partial charge in [0.1, 0.15) is 0 Å². The summed E-state index contributed by atoms with van der Waals surface area (Å²) in [5.74, 6) is 0. The quantitative estimate of drug-likeness (QED) is 0.241. The highest BCUT2D eigenvalue weighted by Crippen LogP contribution is 2.30. The van der Waals surface area contributed by atoms with Crippen molar-refractivity contribution >= 4 is 46.4 Å². The zero-order valence-electron chi connectivity index (χ0n) is 30.2. The molecule has 0 unspecified atom stereocenters. The van der Waals surface area contributed by atoms with Crippen molar-refractivity contribution in [2.75, 3.05) is 0 Å². The average Bonchev–Trinajstić information content (AvgIpc) is 3.98. The van der Waals surface area contributed by atoms with E-state index in [1.165, 1.54) is 16.7 Å². The van der Waals surface area contributed by atoms with Crippen molar-refractivity contribution in [2.45, 2.75) is 20.8 Å². The molecule has 274 valence electrons. The number of nitrogens with zero attached hydrogens (tertiary/aromatic N) is 2. The minimum atomic E-state index is 0. The summed E-state index contributed by atoms with van der Waals surface area (Å²) in [6.07, 6.45) is 19.7. The molecule has 7 aromatic rings. The molecular formula is C44H42Cl3N7. The number of H-pyrrole nitrogens is 5. The van der Waals surface area contributed by atoms with E-state index in [9.17, 15) is 0 Å². The molecule has 6 aromatic heterocycles. The molecular weight excluding hydrogens is 733 g/mol. The SMILES string of the molecule is C1=Cc2nc1cc1ccc(cc3ccc(cc4nc(c2-c2ccccc2)C=C4)[nH]3)[nH]1.Cc1cc[nH+]cc1.Cc1cc[nH+]cc1.Cc1cc[nH+]cc1.[Cl-].[Cl-].[Cl-]. The highest BCUT2D eigenvalue weighted by atomic mass is 35.5. The van der Waals surface area contributed by atoms with Crippen LogP contribution in [0, 0.1) is 20.8 Å². The van der Waals surface area contributed by atoms with E-state index in [-0.39, 0.29) is 37.2 Å². The molecule has 2 aliphatic heterocycles. The molecule has 7 nitrogen and oxygen atoms in total. The van der Waals surface area contributed by atoms with Crippen LogP contribution >= 0.6 is 0 Å². The number of benzene rings is 1. The Bertz CT molecular complexity index is 2210. The second-order valence-corrected chi connectivity index (χ2v) is 12.2. The first-order valence-electron chi connectivity index (χ1n) is 16.9. The zero-order valence-corrected chi connectivity index (χ0v) is 32.5. The fourth-order valence-corrected chi connectivity index (χ4v) is 5.32. The first-order valence-corrected chi connectivity index (χ1v) is 16.9. The standard InChI is InChI=1S/C26H18N4.3C6H7N.3ClH/c1-2-4-17(5-3-1)26-24-12-10-22(29-24)15-20-8-6-18(27-20)14-19-7-9-21(28-19)16-23-11-13-25(26)30-23;3*1-6-2-4-7-5-3-6;;;/h1-16,27-28H;3*2-5H,1H3;3*1H. The second kappa shape index (κ2) is 21.6. The van der Waals surface area contributed by atoms with Gasteiger partial charge < -0.3 is 47.2 Å². The summed E-state index contributed by atoms with van der Waals surface area (Å²) in [5.41, 5.74) is 13.8. The van der Waals surface area contributed by atoms with Gasteiger partial charge in [0, 0.05) is 64.0 Å². The molecule has 9 rings (SSSR count). The van der Waals surface area contributed by atoms with Crippen molar-refractivity contribution in [3.05, 3.63) is 186 Å². The molecule has 8 bridgehead atoms. The molecule has 5 N–H and O–H groups in total. The monoisotopic (exact) mass is 773 g/mol. The van der Waals surface area contributed by atoms with E-state index in [4.69, 9.17) is 9.97 Å². The van der Waals surface area contributed by atoms with E-state index in [2.05, 4.69) is 112 Å². The molecule has 10 heteroatoms. The van der Waals surface area contributed by atoms with E-state index in [0.717, 1.165) is 56.0 Å². The number of aromatic nitrogens is 7. The number of pyridine rings is 3. The van der Waals surface area contributed by atoms with Crippen molar-refractivity contribution in [1.29, 1.82) is 0 Å². The van der Waals surface area contributed by atoms with Crippen LogP contribution in [0.25, 0.3) is 57.5 Å². The Hall–Kier alpha value is -5.86. The van der Waals surface area contributed by atoms with Gasteiger partial charge >= 0.3 is 0 Å². The number of aryl methyl sites for hydroxylation is 3. The largest absolute Gasteiger partial charge is 1.00 e. The number of fused-ring (bicyclic) bond motifs is 8. The summed E-state index contributed by atoms with van der Waals surface area (Å²) in [7, 11) is 0. The molecule has 54 heavy (non-hydrogen) atoms. The number of rotatable bonds is 1. The summed E-state index contributed by atoms with van der Waals surface area (Å²) in [6, 6.07) is 37.0. The lowest BCUT2D eigenvalue weighted by Crippen LogP contribution is -3.00. The van der Waals surface area contributed by atoms with Crippen molar-refractivity contribution in [1.82, 2.24) is 19.9 Å². The van der Waals surface area contributed by atoms with Gasteiger partial charge in [0.25, 0.3) is 0 Å². The van der Waals surface area contributed by atoms with Crippen molar-refractivity contribution in [3.8, 4) is 11.1 Å². The smallest absolute Gasteiger partial charge is 0.167 e. The maximum atomic E-state index is 4.90. The number of aromatic amines is 5. The Kier molecular flexibility index (Phi) is 17.0. The highest BCUT2D eigenvalue weighted by molar-refractivity contribution is 5.89. The molecule has 0 amide bonds. The van der Waals surface area contributed by atoms with Gasteiger partial charge in [-0.3, -0.25) is 0 Å². The molecule has 0 aliphatic carbocycles. The molecule has 8 heterocycles. The van der Waals surface area contributed by atoms with E-state index in [1.807, 2.05) is 104 Å². The lowest BCUT2D eigenvalue weighted by Gasteiger charge is -2.04. The topological polar surface area (TPSA) is 99.8 Å². The van der Waals surface area contributed by atoms with Gasteiger partial charge in [-0.15, -0.1) is 0 Å². The lowest BCUT2D eigenvalue weighted by molar-refractivity contribution is -0.378. The summed E-state index contributed by atoms with van der Waals surface area (Å²) >= 11 is 0. The van der Waals surface area contributed by atoms with E-state index in [1.54, 1.807) is 0 Å². The third-order valence-corrected chi connectivity index (χ3v) is 7.93. The summed E-state index contributed by atoms with van der Waals surface area (Å²) in [6.45, 7) is 6.19. The fraction of sp³-hybridized carbons (Fsp3) is 0.0682. The van der Waals surface area contributed by atoms with Gasteiger partial charge in [0.15, 0.2) is 37.2 Å². The predicted octanol–water partition coefficient (Wildman–Crippen LogP) is -0.238. The summed E-state index contributed by atoms with van der Waals surface area (Å²) < 4.78 is 0. The van der Waals surface area contributed by atoms with Crippen LogP contribution in [0.5, 0.6) is 0 Å². The fourth-order valence-electron chi connectivity index (χ4n) is 5.32. The summed E-state index contributed by atoms with van der Waals surface area (Å²) in [5, 5.41) is 0. The van der Waals surface area contributed by atoms with Crippen molar-refractivity contribution in [2.24, 2.45) is 0 Å². The Morgan fingerprint density at radius 2 is 0.759 bits per heavy atom. The molecule has 0 saturated carbocycles. The van der Waals surface area contributed by atoms with Crippen LogP contribution in [0.3, 0.4) is 0 Å². The first-order chi connectivity index (χ1) is 25.0. The normalized spacial score (nSPS) is 10.3. The number of hydrogen-bond acceptors (Lipinski definition) is 2. The number of nitrogens with one attached hydrogen (secondary N) is 5. The van der Waals surface area contributed by atoms with Crippen LogP contribution < -0.4 is 52.2 Å². The van der Waals surface area contributed by atoms with Crippen LogP contribution in [-0.4, -0.2) is 19.9 Å².